The number of carbonyl (C=O) groups is 1. The average molecular weight is 395 g/mol. The lowest BCUT2D eigenvalue weighted by atomic mass is 9.95. The van der Waals surface area contributed by atoms with Crippen molar-refractivity contribution in [2.45, 2.75) is 38.3 Å². The predicted molar refractivity (Wildman–Crippen MR) is 113 cm³/mol. The van der Waals surface area contributed by atoms with Crippen LogP contribution < -0.4 is 0 Å². The molecule has 1 aliphatic rings. The van der Waals surface area contributed by atoms with Gasteiger partial charge in [0.1, 0.15) is 0 Å². The van der Waals surface area contributed by atoms with Crippen molar-refractivity contribution in [1.29, 1.82) is 0 Å². The second-order valence-electron chi connectivity index (χ2n) is 7.37. The number of nitrogens with zero attached hydrogens (tertiary/aromatic N) is 2. The van der Waals surface area contributed by atoms with Crippen LogP contribution in [0.25, 0.3) is 10.1 Å². The van der Waals surface area contributed by atoms with Crippen LogP contribution in [0, 0.1) is 5.92 Å². The Kier molecular flexibility index (Phi) is 5.74. The van der Waals surface area contributed by atoms with Gasteiger partial charge in [0.2, 0.25) is 5.91 Å². The molecule has 0 aliphatic heterocycles. The number of amides is 1. The molecule has 0 radical (unpaired) electrons. The summed E-state index contributed by atoms with van der Waals surface area (Å²) in [4.78, 5) is 19.9. The molecule has 1 aromatic carbocycles. The summed E-state index contributed by atoms with van der Waals surface area (Å²) in [6.45, 7) is 2.73. The summed E-state index contributed by atoms with van der Waals surface area (Å²) in [6.07, 6.45) is 6.55. The van der Waals surface area contributed by atoms with Gasteiger partial charge < -0.3 is 9.64 Å². The zero-order valence-corrected chi connectivity index (χ0v) is 17.2. The van der Waals surface area contributed by atoms with Crippen LogP contribution in [0.4, 0.5) is 0 Å². The summed E-state index contributed by atoms with van der Waals surface area (Å²) in [5.41, 5.74) is 2.24. The van der Waals surface area contributed by atoms with Gasteiger partial charge in [0.05, 0.1) is 12.1 Å². The molecule has 1 aliphatic carbocycles. The number of aromatic nitrogens is 1. The largest absolute Gasteiger partial charge is 0.381 e. The Morgan fingerprint density at radius 2 is 2.14 bits per heavy atom. The van der Waals surface area contributed by atoms with Crippen LogP contribution in [-0.2, 0) is 9.53 Å². The van der Waals surface area contributed by atoms with Crippen LogP contribution in [0.3, 0.4) is 0 Å². The summed E-state index contributed by atoms with van der Waals surface area (Å²) in [5, 5.41) is 3.42. The van der Waals surface area contributed by atoms with E-state index in [2.05, 4.69) is 47.6 Å². The second kappa shape index (κ2) is 8.41. The van der Waals surface area contributed by atoms with Gasteiger partial charge in [0.25, 0.3) is 0 Å². The highest BCUT2D eigenvalue weighted by Crippen LogP contribution is 2.39. The molecule has 0 bridgehead atoms. The van der Waals surface area contributed by atoms with Crippen molar-refractivity contribution >= 4 is 27.3 Å². The molecule has 4 rings (SSSR count). The summed E-state index contributed by atoms with van der Waals surface area (Å²) < 4.78 is 6.75. The molecule has 1 saturated carbocycles. The van der Waals surface area contributed by atoms with Crippen molar-refractivity contribution < 1.29 is 9.53 Å². The van der Waals surface area contributed by atoms with Crippen molar-refractivity contribution in [3.63, 3.8) is 0 Å². The molecule has 1 amide bonds. The molecule has 0 N–H and O–H groups in total. The molecule has 3 atom stereocenters. The predicted octanol–water partition coefficient (Wildman–Crippen LogP) is 5.05. The number of benzene rings is 1. The summed E-state index contributed by atoms with van der Waals surface area (Å²) in [5.74, 6) is 0.264. The van der Waals surface area contributed by atoms with Crippen LogP contribution in [0.5, 0.6) is 0 Å². The smallest absolute Gasteiger partial charge is 0.226 e. The van der Waals surface area contributed by atoms with E-state index >= 15 is 0 Å². The Morgan fingerprint density at radius 3 is 2.86 bits per heavy atom. The molecule has 1 fully saturated rings. The fraction of sp³-hybridized carbons (Fsp3) is 0.391. The van der Waals surface area contributed by atoms with Crippen LogP contribution in [0.15, 0.2) is 54.2 Å². The number of methoxy groups -OCH3 is 1. The Labute approximate surface area is 170 Å². The van der Waals surface area contributed by atoms with E-state index in [9.17, 15) is 4.79 Å². The van der Waals surface area contributed by atoms with E-state index in [-0.39, 0.29) is 24.0 Å². The molecule has 3 unspecified atom stereocenters. The molecule has 146 valence electrons. The van der Waals surface area contributed by atoms with E-state index in [0.29, 0.717) is 6.54 Å². The van der Waals surface area contributed by atoms with Crippen LogP contribution in [-0.4, -0.2) is 35.5 Å². The Hall–Kier alpha value is -2.24. The third-order valence-corrected chi connectivity index (χ3v) is 6.79. The standard InChI is InChI=1S/C23H26N2O2S/c1-3-25(23(26)16-10-11-18(13-16)27-2)22(17-7-6-12-24-14-17)20-15-28-21-9-5-4-8-19(20)21/h4-9,12,14-16,18,22H,3,10-11,13H2,1-2H3. The maximum Gasteiger partial charge on any atom is 0.226 e. The number of hydrogen-bond acceptors (Lipinski definition) is 4. The van der Waals surface area contributed by atoms with Crippen molar-refractivity contribution in [1.82, 2.24) is 9.88 Å². The van der Waals surface area contributed by atoms with Gasteiger partial charge in [-0.15, -0.1) is 11.3 Å². The van der Waals surface area contributed by atoms with Crippen LogP contribution in [0.2, 0.25) is 0 Å². The third kappa shape index (κ3) is 3.56. The van der Waals surface area contributed by atoms with E-state index in [0.717, 1.165) is 24.8 Å². The number of thiophene rings is 1. The lowest BCUT2D eigenvalue weighted by Crippen LogP contribution is -2.39. The Bertz CT molecular complexity index is 940. The monoisotopic (exact) mass is 394 g/mol. The Balaban J connectivity index is 1.75. The van der Waals surface area contributed by atoms with Crippen molar-refractivity contribution in [3.05, 3.63) is 65.3 Å². The summed E-state index contributed by atoms with van der Waals surface area (Å²) >= 11 is 1.73. The van der Waals surface area contributed by atoms with Gasteiger partial charge in [-0.2, -0.15) is 0 Å². The molecule has 5 heteroatoms. The minimum atomic E-state index is -0.121. The van der Waals surface area contributed by atoms with E-state index in [1.54, 1.807) is 24.6 Å². The van der Waals surface area contributed by atoms with Gasteiger partial charge in [0, 0.05) is 36.7 Å². The first kappa shape index (κ1) is 19.1. The molecular weight excluding hydrogens is 368 g/mol. The minimum Gasteiger partial charge on any atom is -0.381 e. The number of pyridine rings is 1. The summed E-state index contributed by atoms with van der Waals surface area (Å²) in [7, 11) is 1.74. The lowest BCUT2D eigenvalue weighted by molar-refractivity contribution is -0.137. The SMILES string of the molecule is CCN(C(=O)C1CCC(OC)C1)C(c1cccnc1)c1csc2ccccc12. The van der Waals surface area contributed by atoms with Crippen molar-refractivity contribution in [2.24, 2.45) is 5.92 Å². The van der Waals surface area contributed by atoms with Gasteiger partial charge in [0.15, 0.2) is 0 Å². The van der Waals surface area contributed by atoms with Gasteiger partial charge in [-0.1, -0.05) is 24.3 Å². The van der Waals surface area contributed by atoms with Gasteiger partial charge in [-0.25, -0.2) is 0 Å². The number of carbonyl (C=O) groups excluding carboxylic acids is 1. The molecule has 0 spiro atoms. The topological polar surface area (TPSA) is 42.4 Å². The fourth-order valence-corrected chi connectivity index (χ4v) is 5.33. The van der Waals surface area contributed by atoms with E-state index in [4.69, 9.17) is 4.74 Å². The first-order valence-electron chi connectivity index (χ1n) is 9.92. The van der Waals surface area contributed by atoms with E-state index in [1.165, 1.54) is 15.6 Å². The first-order valence-corrected chi connectivity index (χ1v) is 10.8. The van der Waals surface area contributed by atoms with Gasteiger partial charge >= 0.3 is 0 Å². The fourth-order valence-electron chi connectivity index (χ4n) is 4.35. The first-order chi connectivity index (χ1) is 13.7. The van der Waals surface area contributed by atoms with Crippen LogP contribution in [0.1, 0.15) is 43.4 Å². The zero-order chi connectivity index (χ0) is 19.5. The average Bonchev–Trinajstić information content (AvgIpc) is 3.39. The second-order valence-corrected chi connectivity index (χ2v) is 8.28. The summed E-state index contributed by atoms with van der Waals surface area (Å²) in [6, 6.07) is 12.3. The zero-order valence-electron chi connectivity index (χ0n) is 16.4. The third-order valence-electron chi connectivity index (χ3n) is 5.81. The lowest BCUT2D eigenvalue weighted by Gasteiger charge is -2.33. The number of hydrogen-bond donors (Lipinski definition) is 0. The molecule has 0 saturated heterocycles. The van der Waals surface area contributed by atoms with Gasteiger partial charge in [-0.05, 0) is 60.2 Å². The molecule has 3 aromatic rings. The molecule has 2 aromatic heterocycles. The molecular formula is C23H26N2O2S. The molecule has 2 heterocycles. The Morgan fingerprint density at radius 1 is 1.29 bits per heavy atom. The quantitative estimate of drug-likeness (QED) is 0.588. The molecule has 28 heavy (non-hydrogen) atoms. The maximum absolute atomic E-state index is 13.5. The van der Waals surface area contributed by atoms with Gasteiger partial charge in [-0.3, -0.25) is 9.78 Å². The number of fused-ring (bicyclic) bond motifs is 1. The van der Waals surface area contributed by atoms with E-state index < -0.39 is 0 Å². The highest BCUT2D eigenvalue weighted by Gasteiger charge is 2.36. The highest BCUT2D eigenvalue weighted by molar-refractivity contribution is 7.17. The normalized spacial score (nSPS) is 20.4. The molecule has 4 nitrogen and oxygen atoms in total. The van der Waals surface area contributed by atoms with Crippen LogP contribution >= 0.6 is 11.3 Å². The van der Waals surface area contributed by atoms with E-state index in [1.807, 2.05) is 17.2 Å². The minimum absolute atomic E-state index is 0.0361. The van der Waals surface area contributed by atoms with Crippen molar-refractivity contribution in [3.8, 4) is 0 Å². The number of rotatable bonds is 6. The van der Waals surface area contributed by atoms with Crippen molar-refractivity contribution in [2.75, 3.05) is 13.7 Å². The maximum atomic E-state index is 13.5. The number of ether oxygens (including phenoxy) is 1. The highest BCUT2D eigenvalue weighted by atomic mass is 32.1.